The van der Waals surface area contributed by atoms with E-state index in [4.69, 9.17) is 12.2 Å². The maximum atomic E-state index is 10.3. The van der Waals surface area contributed by atoms with Crippen LogP contribution in [0.4, 0.5) is 5.69 Å². The van der Waals surface area contributed by atoms with Crippen molar-refractivity contribution >= 4 is 24.6 Å². The highest BCUT2D eigenvalue weighted by Gasteiger charge is 2.17. The molecule has 0 fully saturated rings. The fraction of sp³-hybridized carbons (Fsp3) is 0.105. The lowest BCUT2D eigenvalue weighted by atomic mass is 10.1. The van der Waals surface area contributed by atoms with E-state index in [-0.39, 0.29) is 11.5 Å². The normalized spacial score (nSPS) is 10.6. The Bertz CT molecular complexity index is 1040. The number of anilines is 1. The molecule has 1 aromatic heterocycles. The molecular weight excluding hydrogens is 362 g/mol. The number of phenolic OH excluding ortho intramolecular Hbond substituents is 2. The van der Waals surface area contributed by atoms with Crippen molar-refractivity contribution in [2.24, 2.45) is 5.10 Å². The van der Waals surface area contributed by atoms with Crippen molar-refractivity contribution in [3.63, 3.8) is 0 Å². The average molecular weight is 381 g/mol. The van der Waals surface area contributed by atoms with Gasteiger partial charge in [-0.1, -0.05) is 13.5 Å². The number of rotatable bonds is 6. The van der Waals surface area contributed by atoms with E-state index >= 15 is 0 Å². The highest BCUT2D eigenvalue weighted by Crippen LogP contribution is 2.35. The molecule has 2 aromatic carbocycles. The minimum atomic E-state index is -0.0785. The van der Waals surface area contributed by atoms with Gasteiger partial charge in [0, 0.05) is 19.0 Å². The number of aromatic nitrogens is 3. The zero-order chi connectivity index (χ0) is 19.6. The largest absolute Gasteiger partial charge is 0.508 e. The van der Waals surface area contributed by atoms with E-state index in [9.17, 15) is 10.2 Å². The molecule has 7 nitrogen and oxygen atoms in total. The lowest BCUT2D eigenvalue weighted by molar-refractivity contribution is 0.447. The number of benzene rings is 2. The number of aromatic amines is 1. The Hall–Kier alpha value is -3.39. The van der Waals surface area contributed by atoms with Crippen LogP contribution >= 0.6 is 12.2 Å². The highest BCUT2D eigenvalue weighted by atomic mass is 32.1. The predicted molar refractivity (Wildman–Crippen MR) is 109 cm³/mol. The molecule has 0 amide bonds. The maximum Gasteiger partial charge on any atom is 0.200 e. The number of nitrogens with one attached hydrogen (secondary N) is 1. The van der Waals surface area contributed by atoms with E-state index in [1.165, 1.54) is 6.07 Å². The van der Waals surface area contributed by atoms with E-state index in [1.54, 1.807) is 21.8 Å². The summed E-state index contributed by atoms with van der Waals surface area (Å²) in [6.07, 6.45) is 2.17. The molecule has 0 saturated heterocycles. The first-order valence-electron chi connectivity index (χ1n) is 8.21. The molecule has 3 rings (SSSR count). The van der Waals surface area contributed by atoms with Crippen LogP contribution in [0.1, 0.15) is 12.5 Å². The Balaban J connectivity index is 2.13. The Labute approximate surface area is 161 Å². The van der Waals surface area contributed by atoms with E-state index < -0.39 is 0 Å². The fourth-order valence-corrected chi connectivity index (χ4v) is 3.04. The Morgan fingerprint density at radius 1 is 1.26 bits per heavy atom. The van der Waals surface area contributed by atoms with Crippen LogP contribution in [0.15, 0.2) is 54.3 Å². The second-order valence-electron chi connectivity index (χ2n) is 5.72. The number of hydrogen-bond donors (Lipinski definition) is 3. The van der Waals surface area contributed by atoms with Gasteiger partial charge in [0.25, 0.3) is 0 Å². The zero-order valence-corrected chi connectivity index (χ0v) is 15.6. The van der Waals surface area contributed by atoms with Gasteiger partial charge in [-0.2, -0.15) is 10.2 Å². The molecular formula is C19H19N5O2S. The van der Waals surface area contributed by atoms with Gasteiger partial charge in [-0.3, -0.25) is 9.67 Å². The molecule has 0 unspecified atom stereocenters. The van der Waals surface area contributed by atoms with Crippen LogP contribution in [0.5, 0.6) is 11.5 Å². The van der Waals surface area contributed by atoms with Gasteiger partial charge in [0.1, 0.15) is 11.5 Å². The standard InChI is InChI=1S/C19H19N5O2S/c1-4-12-10-15(17(26)11-16(12)25)18-21-22-19(27)24(18)14-8-6-13(7-9-14)23(5-2)20-3/h5-11,25-26H,2-4H2,1H3,(H,22,27). The molecule has 3 aromatic rings. The smallest absolute Gasteiger partial charge is 0.200 e. The van der Waals surface area contributed by atoms with Crippen LogP contribution in [0.2, 0.25) is 0 Å². The predicted octanol–water partition coefficient (Wildman–Crippen LogP) is 4.14. The lowest BCUT2D eigenvalue weighted by Crippen LogP contribution is -2.06. The molecule has 0 aliphatic carbocycles. The number of nitrogens with zero attached hydrogens (tertiary/aromatic N) is 4. The van der Waals surface area contributed by atoms with Crippen molar-refractivity contribution in [1.29, 1.82) is 0 Å². The van der Waals surface area contributed by atoms with Crippen molar-refractivity contribution in [2.75, 3.05) is 5.01 Å². The molecule has 0 atom stereocenters. The zero-order valence-electron chi connectivity index (χ0n) is 14.8. The first-order chi connectivity index (χ1) is 13.0. The molecule has 0 bridgehead atoms. The van der Waals surface area contributed by atoms with Crippen LogP contribution < -0.4 is 5.01 Å². The quantitative estimate of drug-likeness (QED) is 0.339. The Kier molecular flexibility index (Phi) is 5.09. The molecule has 0 radical (unpaired) electrons. The van der Waals surface area contributed by atoms with E-state index in [0.717, 1.165) is 11.4 Å². The third-order valence-corrected chi connectivity index (χ3v) is 4.46. The second kappa shape index (κ2) is 7.46. The van der Waals surface area contributed by atoms with Crippen LogP contribution in [0, 0.1) is 4.77 Å². The number of phenols is 2. The molecule has 138 valence electrons. The molecule has 8 heteroatoms. The Morgan fingerprint density at radius 3 is 2.56 bits per heavy atom. The third-order valence-electron chi connectivity index (χ3n) is 4.19. The summed E-state index contributed by atoms with van der Waals surface area (Å²) in [6, 6.07) is 10.4. The van der Waals surface area contributed by atoms with Crippen molar-refractivity contribution in [2.45, 2.75) is 13.3 Å². The second-order valence-corrected chi connectivity index (χ2v) is 6.11. The van der Waals surface area contributed by atoms with Gasteiger partial charge >= 0.3 is 0 Å². The van der Waals surface area contributed by atoms with Gasteiger partial charge in [-0.05, 0) is 54.5 Å². The first kappa shape index (κ1) is 18.4. The molecule has 0 saturated carbocycles. The number of aryl methyl sites for hydroxylation is 1. The van der Waals surface area contributed by atoms with E-state index in [2.05, 4.69) is 28.6 Å². The van der Waals surface area contributed by atoms with E-state index in [1.807, 2.05) is 31.2 Å². The third kappa shape index (κ3) is 3.34. The first-order valence-corrected chi connectivity index (χ1v) is 8.62. The number of hydrazone groups is 1. The molecule has 27 heavy (non-hydrogen) atoms. The SMILES string of the molecule is C=CN(N=C)c1ccc(-n2c(-c3cc(CC)c(O)cc3O)n[nH]c2=S)cc1. The van der Waals surface area contributed by atoms with Crippen LogP contribution in [-0.4, -0.2) is 31.7 Å². The Morgan fingerprint density at radius 2 is 1.96 bits per heavy atom. The lowest BCUT2D eigenvalue weighted by Gasteiger charge is -2.14. The van der Waals surface area contributed by atoms with Crippen molar-refractivity contribution in [3.8, 4) is 28.6 Å². The summed E-state index contributed by atoms with van der Waals surface area (Å²) in [5.74, 6) is 0.415. The average Bonchev–Trinajstić information content (AvgIpc) is 3.05. The number of hydrogen-bond acceptors (Lipinski definition) is 6. The summed E-state index contributed by atoms with van der Waals surface area (Å²) >= 11 is 5.37. The van der Waals surface area contributed by atoms with Crippen molar-refractivity contribution in [3.05, 3.63) is 59.5 Å². The van der Waals surface area contributed by atoms with E-state index in [0.29, 0.717) is 28.1 Å². The van der Waals surface area contributed by atoms with Gasteiger partial charge in [0.15, 0.2) is 10.6 Å². The van der Waals surface area contributed by atoms with Gasteiger partial charge in [-0.25, -0.2) is 5.01 Å². The summed E-state index contributed by atoms with van der Waals surface area (Å²) in [5, 5.41) is 32.7. The van der Waals surface area contributed by atoms with Gasteiger partial charge < -0.3 is 10.2 Å². The van der Waals surface area contributed by atoms with Crippen LogP contribution in [0.3, 0.4) is 0 Å². The van der Waals surface area contributed by atoms with Gasteiger partial charge in [-0.15, -0.1) is 0 Å². The minimum absolute atomic E-state index is 0.0465. The maximum absolute atomic E-state index is 10.3. The molecule has 0 spiro atoms. The van der Waals surface area contributed by atoms with Crippen LogP contribution in [-0.2, 0) is 6.42 Å². The molecule has 0 aliphatic rings. The van der Waals surface area contributed by atoms with Gasteiger partial charge in [0.2, 0.25) is 0 Å². The topological polar surface area (TPSA) is 89.7 Å². The molecule has 0 aliphatic heterocycles. The summed E-state index contributed by atoms with van der Waals surface area (Å²) in [5.41, 5.74) is 2.73. The molecule has 1 heterocycles. The number of H-pyrrole nitrogens is 1. The monoisotopic (exact) mass is 381 g/mol. The summed E-state index contributed by atoms with van der Waals surface area (Å²) < 4.78 is 2.09. The molecule has 3 N–H and O–H groups in total. The van der Waals surface area contributed by atoms with Crippen molar-refractivity contribution < 1.29 is 10.2 Å². The summed E-state index contributed by atoms with van der Waals surface area (Å²) in [6.45, 7) is 9.11. The minimum Gasteiger partial charge on any atom is -0.508 e. The fourth-order valence-electron chi connectivity index (χ4n) is 2.80. The summed E-state index contributed by atoms with van der Waals surface area (Å²) in [7, 11) is 0. The van der Waals surface area contributed by atoms with Crippen LogP contribution in [0.25, 0.3) is 17.1 Å². The van der Waals surface area contributed by atoms with Gasteiger partial charge in [0.05, 0.1) is 16.9 Å². The van der Waals surface area contributed by atoms with Crippen molar-refractivity contribution in [1.82, 2.24) is 14.8 Å². The number of aromatic hydroxyl groups is 2. The highest BCUT2D eigenvalue weighted by molar-refractivity contribution is 7.71. The summed E-state index contributed by atoms with van der Waals surface area (Å²) in [4.78, 5) is 0.